The molecule has 0 saturated carbocycles. The summed E-state index contributed by atoms with van der Waals surface area (Å²) in [5.41, 5.74) is 5.12. The Hall–Kier alpha value is -0.880. The van der Waals surface area contributed by atoms with Crippen molar-refractivity contribution in [2.45, 2.75) is 25.8 Å². The molecule has 1 aromatic heterocycles. The van der Waals surface area contributed by atoms with E-state index in [9.17, 15) is 4.79 Å². The van der Waals surface area contributed by atoms with Crippen molar-refractivity contribution in [1.82, 2.24) is 9.97 Å². The van der Waals surface area contributed by atoms with E-state index in [-0.39, 0.29) is 11.1 Å². The molecule has 15 heavy (non-hydrogen) atoms. The Morgan fingerprint density at radius 1 is 1.67 bits per heavy atom. The first-order valence-electron chi connectivity index (χ1n) is 4.68. The molecule has 0 bridgehead atoms. The fourth-order valence-electron chi connectivity index (χ4n) is 1.21. The highest BCUT2D eigenvalue weighted by atomic mass is 79.9. The molecular formula is C9H15BrN4O. The molecule has 5 nitrogen and oxygen atoms in total. The van der Waals surface area contributed by atoms with Crippen LogP contribution in [0.25, 0.3) is 0 Å². The predicted molar refractivity (Wildman–Crippen MR) is 63.9 cm³/mol. The molecule has 0 aliphatic carbocycles. The summed E-state index contributed by atoms with van der Waals surface area (Å²) in [5, 5.41) is 3.17. The molecule has 0 unspecified atom stereocenters. The van der Waals surface area contributed by atoms with Gasteiger partial charge in [-0.05, 0) is 42.7 Å². The molecule has 0 atom stereocenters. The summed E-state index contributed by atoms with van der Waals surface area (Å²) in [6, 6.07) is 0. The fourth-order valence-corrected chi connectivity index (χ4v) is 1.53. The lowest BCUT2D eigenvalue weighted by Crippen LogP contribution is -2.34. The van der Waals surface area contributed by atoms with Gasteiger partial charge in [0.1, 0.15) is 10.3 Å². The van der Waals surface area contributed by atoms with E-state index in [0.29, 0.717) is 16.8 Å². The average molecular weight is 275 g/mol. The van der Waals surface area contributed by atoms with Crippen molar-refractivity contribution in [2.24, 2.45) is 5.73 Å². The van der Waals surface area contributed by atoms with E-state index >= 15 is 0 Å². The van der Waals surface area contributed by atoms with Crippen LogP contribution in [0, 0.1) is 0 Å². The van der Waals surface area contributed by atoms with E-state index < -0.39 is 0 Å². The molecule has 0 aromatic carbocycles. The minimum absolute atomic E-state index is 0.182. The molecule has 6 heteroatoms. The van der Waals surface area contributed by atoms with Gasteiger partial charge in [-0.1, -0.05) is 0 Å². The van der Waals surface area contributed by atoms with Crippen LogP contribution in [0.1, 0.15) is 20.3 Å². The number of aromatic nitrogens is 2. The summed E-state index contributed by atoms with van der Waals surface area (Å²) in [6.45, 7) is 4.60. The molecule has 1 rings (SSSR count). The zero-order valence-corrected chi connectivity index (χ0v) is 10.4. The molecule has 0 aliphatic heterocycles. The number of rotatable bonds is 4. The van der Waals surface area contributed by atoms with Gasteiger partial charge in [0.25, 0.3) is 5.56 Å². The topological polar surface area (TPSA) is 83.8 Å². The quantitative estimate of drug-likeness (QED) is 0.767. The first-order valence-corrected chi connectivity index (χ1v) is 5.47. The van der Waals surface area contributed by atoms with Gasteiger partial charge in [0.15, 0.2) is 0 Å². The number of aromatic amines is 1. The Kier molecular flexibility index (Phi) is 3.87. The second-order valence-electron chi connectivity index (χ2n) is 3.94. The van der Waals surface area contributed by atoms with Gasteiger partial charge in [-0.25, -0.2) is 4.98 Å². The van der Waals surface area contributed by atoms with E-state index in [1.165, 1.54) is 6.33 Å². The van der Waals surface area contributed by atoms with Gasteiger partial charge in [-0.15, -0.1) is 0 Å². The molecule has 0 aliphatic rings. The van der Waals surface area contributed by atoms with E-state index in [2.05, 4.69) is 31.2 Å². The molecule has 0 radical (unpaired) electrons. The normalized spacial score (nSPS) is 11.5. The van der Waals surface area contributed by atoms with Crippen molar-refractivity contribution in [3.05, 3.63) is 21.2 Å². The highest BCUT2D eigenvalue weighted by Gasteiger charge is 2.18. The highest BCUT2D eigenvalue weighted by molar-refractivity contribution is 9.10. The van der Waals surface area contributed by atoms with Crippen LogP contribution in [0.2, 0.25) is 0 Å². The molecular weight excluding hydrogens is 260 g/mol. The summed E-state index contributed by atoms with van der Waals surface area (Å²) >= 11 is 3.18. The number of hydrogen-bond acceptors (Lipinski definition) is 4. The molecule has 1 aromatic rings. The van der Waals surface area contributed by atoms with Gasteiger partial charge in [-0.3, -0.25) is 4.79 Å². The van der Waals surface area contributed by atoms with Crippen molar-refractivity contribution in [3.8, 4) is 0 Å². The summed E-state index contributed by atoms with van der Waals surface area (Å²) in [6.07, 6.45) is 2.17. The highest BCUT2D eigenvalue weighted by Crippen LogP contribution is 2.20. The summed E-state index contributed by atoms with van der Waals surface area (Å²) in [7, 11) is 0. The Morgan fingerprint density at radius 2 is 2.33 bits per heavy atom. The lowest BCUT2D eigenvalue weighted by molar-refractivity contribution is 0.524. The van der Waals surface area contributed by atoms with Crippen LogP contribution >= 0.6 is 15.9 Å². The maximum Gasteiger partial charge on any atom is 0.267 e. The molecule has 0 fully saturated rings. The third kappa shape index (κ3) is 3.32. The number of hydrogen-bond donors (Lipinski definition) is 3. The van der Waals surface area contributed by atoms with Crippen molar-refractivity contribution in [3.63, 3.8) is 0 Å². The van der Waals surface area contributed by atoms with Gasteiger partial charge in [0.2, 0.25) is 0 Å². The predicted octanol–water partition coefficient (Wildman–Crippen LogP) is 1.07. The standard InChI is InChI=1S/C9H15BrN4O/c1-9(2,3-4-11)14-7-6(10)8(15)13-5-12-7/h5H,3-4,11H2,1-2H3,(H2,12,13,14,15). The summed E-state index contributed by atoms with van der Waals surface area (Å²) in [5.74, 6) is 0.539. The third-order valence-corrected chi connectivity index (χ3v) is 2.76. The molecule has 1 heterocycles. The largest absolute Gasteiger partial charge is 0.364 e. The zero-order chi connectivity index (χ0) is 11.5. The van der Waals surface area contributed by atoms with Crippen LogP contribution in [0.3, 0.4) is 0 Å². The lowest BCUT2D eigenvalue weighted by Gasteiger charge is -2.26. The number of nitrogens with one attached hydrogen (secondary N) is 2. The van der Waals surface area contributed by atoms with Gasteiger partial charge < -0.3 is 16.0 Å². The van der Waals surface area contributed by atoms with Crippen LogP contribution in [0.15, 0.2) is 15.6 Å². The third-order valence-electron chi connectivity index (χ3n) is 2.02. The number of anilines is 1. The Bertz CT molecular complexity index is 388. The van der Waals surface area contributed by atoms with Crippen LogP contribution in [-0.2, 0) is 0 Å². The van der Waals surface area contributed by atoms with E-state index in [1.54, 1.807) is 0 Å². The van der Waals surface area contributed by atoms with Gasteiger partial charge in [0, 0.05) is 5.54 Å². The van der Waals surface area contributed by atoms with E-state index in [0.717, 1.165) is 6.42 Å². The van der Waals surface area contributed by atoms with Gasteiger partial charge in [-0.2, -0.15) is 0 Å². The number of H-pyrrole nitrogens is 1. The van der Waals surface area contributed by atoms with Crippen molar-refractivity contribution < 1.29 is 0 Å². The zero-order valence-electron chi connectivity index (χ0n) is 8.80. The summed E-state index contributed by atoms with van der Waals surface area (Å²) in [4.78, 5) is 17.8. The second-order valence-corrected chi connectivity index (χ2v) is 4.73. The smallest absolute Gasteiger partial charge is 0.267 e. The SMILES string of the molecule is CC(C)(CCN)Nc1nc[nH]c(=O)c1Br. The molecule has 0 spiro atoms. The monoisotopic (exact) mass is 274 g/mol. The first-order chi connectivity index (χ1) is 6.96. The molecule has 0 saturated heterocycles. The van der Waals surface area contributed by atoms with E-state index in [4.69, 9.17) is 5.73 Å². The molecule has 0 amide bonds. The number of nitrogens with zero attached hydrogens (tertiary/aromatic N) is 1. The van der Waals surface area contributed by atoms with Crippen molar-refractivity contribution in [2.75, 3.05) is 11.9 Å². The van der Waals surface area contributed by atoms with Gasteiger partial charge in [0.05, 0.1) is 6.33 Å². The minimum atomic E-state index is -0.198. The summed E-state index contributed by atoms with van der Waals surface area (Å²) < 4.78 is 0.412. The van der Waals surface area contributed by atoms with Crippen LogP contribution < -0.4 is 16.6 Å². The maximum atomic E-state index is 11.3. The fraction of sp³-hybridized carbons (Fsp3) is 0.556. The first kappa shape index (κ1) is 12.2. The molecule has 84 valence electrons. The van der Waals surface area contributed by atoms with Crippen LogP contribution in [-0.4, -0.2) is 22.1 Å². The number of nitrogens with two attached hydrogens (primary N) is 1. The van der Waals surface area contributed by atoms with Crippen molar-refractivity contribution >= 4 is 21.7 Å². The average Bonchev–Trinajstić information content (AvgIpc) is 2.12. The molecule has 4 N–H and O–H groups in total. The van der Waals surface area contributed by atoms with Crippen molar-refractivity contribution in [1.29, 1.82) is 0 Å². The van der Waals surface area contributed by atoms with Crippen LogP contribution in [0.5, 0.6) is 0 Å². The number of halogens is 1. The Balaban J connectivity index is 2.90. The van der Waals surface area contributed by atoms with Crippen LogP contribution in [0.4, 0.5) is 5.82 Å². The lowest BCUT2D eigenvalue weighted by atomic mass is 10.0. The minimum Gasteiger partial charge on any atom is -0.364 e. The Morgan fingerprint density at radius 3 is 2.93 bits per heavy atom. The second kappa shape index (κ2) is 4.76. The Labute approximate surface area is 96.6 Å². The van der Waals surface area contributed by atoms with Gasteiger partial charge >= 0.3 is 0 Å². The van der Waals surface area contributed by atoms with E-state index in [1.807, 2.05) is 13.8 Å². The maximum absolute atomic E-state index is 11.3.